The summed E-state index contributed by atoms with van der Waals surface area (Å²) in [5, 5.41) is 11.4. The van der Waals surface area contributed by atoms with Crippen LogP contribution in [0.4, 0.5) is 0 Å². The second kappa shape index (κ2) is 8.98. The van der Waals surface area contributed by atoms with Crippen molar-refractivity contribution in [3.63, 3.8) is 0 Å². The smallest absolute Gasteiger partial charge is 0.360 e. The molecule has 0 aliphatic heterocycles. The molecule has 0 unspecified atom stereocenters. The molecule has 0 radical (unpaired) electrons. The van der Waals surface area contributed by atoms with Gasteiger partial charge in [0.2, 0.25) is 0 Å². The van der Waals surface area contributed by atoms with Gasteiger partial charge in [0.15, 0.2) is 5.71 Å². The highest BCUT2D eigenvalue weighted by atomic mass is 16.5. The van der Waals surface area contributed by atoms with Crippen molar-refractivity contribution in [1.29, 1.82) is 0 Å². The van der Waals surface area contributed by atoms with Crippen LogP contribution in [-0.4, -0.2) is 36.1 Å². The Hall–Kier alpha value is -2.11. The molecule has 18 heavy (non-hydrogen) atoms. The third kappa shape index (κ3) is 5.29. The molecule has 1 N–H and O–H groups in total. The van der Waals surface area contributed by atoms with Gasteiger partial charge < -0.3 is 14.7 Å². The second-order valence-corrected chi connectivity index (χ2v) is 3.00. The number of esters is 2. The van der Waals surface area contributed by atoms with E-state index in [0.717, 1.165) is 0 Å². The highest BCUT2D eigenvalue weighted by Gasteiger charge is 2.11. The van der Waals surface area contributed by atoms with Gasteiger partial charge in [-0.3, -0.25) is 0 Å². The number of carbonyl (C=O) groups excluding carboxylic acids is 2. The van der Waals surface area contributed by atoms with Gasteiger partial charge in [-0.05, 0) is 32.9 Å². The fraction of sp³-hybridized carbons (Fsp3) is 0.417. The van der Waals surface area contributed by atoms with Crippen molar-refractivity contribution >= 4 is 17.7 Å². The van der Waals surface area contributed by atoms with Crippen LogP contribution in [0, 0.1) is 0 Å². The first-order valence-electron chi connectivity index (χ1n) is 5.51. The lowest BCUT2D eigenvalue weighted by atomic mass is 10.2. The number of oxime groups is 1. The van der Waals surface area contributed by atoms with E-state index in [-0.39, 0.29) is 24.5 Å². The van der Waals surface area contributed by atoms with E-state index in [9.17, 15) is 9.59 Å². The highest BCUT2D eigenvalue weighted by molar-refractivity contribution is 6.41. The number of carbonyl (C=O) groups is 2. The van der Waals surface area contributed by atoms with Crippen LogP contribution < -0.4 is 0 Å². The first-order chi connectivity index (χ1) is 8.60. The van der Waals surface area contributed by atoms with Crippen LogP contribution in [-0.2, 0) is 19.1 Å². The Morgan fingerprint density at radius 1 is 1.11 bits per heavy atom. The van der Waals surface area contributed by atoms with Crippen LogP contribution in [0.1, 0.15) is 20.8 Å². The van der Waals surface area contributed by atoms with Gasteiger partial charge in [-0.25, -0.2) is 9.59 Å². The van der Waals surface area contributed by atoms with Crippen molar-refractivity contribution in [2.24, 2.45) is 5.16 Å². The first-order valence-corrected chi connectivity index (χ1v) is 5.51. The van der Waals surface area contributed by atoms with Gasteiger partial charge in [0.05, 0.1) is 18.8 Å². The van der Waals surface area contributed by atoms with Crippen molar-refractivity contribution in [3.05, 3.63) is 23.8 Å². The maximum atomic E-state index is 11.4. The number of rotatable bonds is 6. The number of hydrogen-bond donors (Lipinski definition) is 1. The number of nitrogens with zero attached hydrogens (tertiary/aromatic N) is 1. The Kier molecular flexibility index (Phi) is 7.92. The van der Waals surface area contributed by atoms with Crippen LogP contribution in [0.2, 0.25) is 0 Å². The van der Waals surface area contributed by atoms with Gasteiger partial charge in [-0.1, -0.05) is 11.2 Å². The van der Waals surface area contributed by atoms with Gasteiger partial charge in [0.1, 0.15) is 0 Å². The summed E-state index contributed by atoms with van der Waals surface area (Å²) in [6, 6.07) is 0. The standard InChI is InChI=1S/C12H17NO5/c1-4-9(11(14)17-5-2)7-8-10(13-16)12(15)18-6-3/h4,7-8,16H,5-6H2,1-3H3/b8-7-,9-4+,13-10-. The summed E-state index contributed by atoms with van der Waals surface area (Å²) in [5.41, 5.74) is -0.0391. The van der Waals surface area contributed by atoms with E-state index in [4.69, 9.17) is 9.94 Å². The molecule has 0 fully saturated rings. The van der Waals surface area contributed by atoms with E-state index < -0.39 is 11.9 Å². The molecule has 0 amide bonds. The normalized spacial score (nSPS) is 12.6. The molecule has 0 saturated carbocycles. The average molecular weight is 255 g/mol. The number of allylic oxidation sites excluding steroid dienone is 1. The SMILES string of the molecule is C\C=C(/C=C\C(=N\O)C(=O)OCC)C(=O)OCC. The molecule has 100 valence electrons. The fourth-order valence-corrected chi connectivity index (χ4v) is 1.01. The molecule has 0 atom stereocenters. The average Bonchev–Trinajstić information content (AvgIpc) is 2.35. The Morgan fingerprint density at radius 2 is 1.67 bits per heavy atom. The van der Waals surface area contributed by atoms with Crippen LogP contribution in [0.3, 0.4) is 0 Å². The van der Waals surface area contributed by atoms with Crippen molar-refractivity contribution in [2.45, 2.75) is 20.8 Å². The molecule has 0 spiro atoms. The summed E-state index contributed by atoms with van der Waals surface area (Å²) in [4.78, 5) is 22.7. The van der Waals surface area contributed by atoms with Crippen LogP contribution in [0.5, 0.6) is 0 Å². The summed E-state index contributed by atoms with van der Waals surface area (Å²) in [6.07, 6.45) is 4.03. The Bertz CT molecular complexity index is 346. The summed E-state index contributed by atoms with van der Waals surface area (Å²) in [5.74, 6) is -1.28. The van der Waals surface area contributed by atoms with E-state index in [1.165, 1.54) is 18.2 Å². The number of ether oxygens (including phenoxy) is 2. The molecule has 0 saturated heterocycles. The Morgan fingerprint density at radius 3 is 2.11 bits per heavy atom. The molecular formula is C12H17NO5. The summed E-state index contributed by atoms with van der Waals surface area (Å²) >= 11 is 0. The van der Waals surface area contributed by atoms with Gasteiger partial charge >= 0.3 is 11.9 Å². The number of hydrogen-bond acceptors (Lipinski definition) is 6. The fourth-order valence-electron chi connectivity index (χ4n) is 1.01. The maximum absolute atomic E-state index is 11.4. The van der Waals surface area contributed by atoms with E-state index in [1.807, 2.05) is 0 Å². The minimum absolute atomic E-state index is 0.167. The third-order valence-corrected chi connectivity index (χ3v) is 1.84. The van der Waals surface area contributed by atoms with Crippen molar-refractivity contribution < 1.29 is 24.3 Å². The maximum Gasteiger partial charge on any atom is 0.360 e. The quantitative estimate of drug-likeness (QED) is 0.194. The lowest BCUT2D eigenvalue weighted by Crippen LogP contribution is -2.15. The van der Waals surface area contributed by atoms with E-state index >= 15 is 0 Å². The summed E-state index contributed by atoms with van der Waals surface area (Å²) in [7, 11) is 0. The molecule has 6 nitrogen and oxygen atoms in total. The van der Waals surface area contributed by atoms with Crippen molar-refractivity contribution in [2.75, 3.05) is 13.2 Å². The molecule has 0 heterocycles. The van der Waals surface area contributed by atoms with Gasteiger partial charge in [0, 0.05) is 0 Å². The van der Waals surface area contributed by atoms with Crippen LogP contribution in [0.15, 0.2) is 29.0 Å². The van der Waals surface area contributed by atoms with Crippen molar-refractivity contribution in [3.8, 4) is 0 Å². The second-order valence-electron chi connectivity index (χ2n) is 3.00. The monoisotopic (exact) mass is 255 g/mol. The van der Waals surface area contributed by atoms with E-state index in [1.54, 1.807) is 20.8 Å². The topological polar surface area (TPSA) is 85.2 Å². The highest BCUT2D eigenvalue weighted by Crippen LogP contribution is 2.01. The molecule has 0 rings (SSSR count). The lowest BCUT2D eigenvalue weighted by Gasteiger charge is -2.02. The largest absolute Gasteiger partial charge is 0.462 e. The Balaban J connectivity index is 4.78. The lowest BCUT2D eigenvalue weighted by molar-refractivity contribution is -0.138. The zero-order valence-electron chi connectivity index (χ0n) is 10.7. The molecule has 0 aliphatic carbocycles. The van der Waals surface area contributed by atoms with Crippen LogP contribution in [0.25, 0.3) is 0 Å². The molecule has 0 aromatic rings. The first kappa shape index (κ1) is 15.9. The molecule has 0 aliphatic rings. The summed E-state index contributed by atoms with van der Waals surface area (Å²) < 4.78 is 9.44. The molecule has 0 aromatic carbocycles. The summed E-state index contributed by atoms with van der Waals surface area (Å²) in [6.45, 7) is 5.39. The minimum atomic E-state index is -0.768. The third-order valence-electron chi connectivity index (χ3n) is 1.84. The van der Waals surface area contributed by atoms with Crippen LogP contribution >= 0.6 is 0 Å². The molecule has 0 bridgehead atoms. The predicted molar refractivity (Wildman–Crippen MR) is 65.4 cm³/mol. The minimum Gasteiger partial charge on any atom is -0.462 e. The van der Waals surface area contributed by atoms with Gasteiger partial charge in [-0.15, -0.1) is 0 Å². The Labute approximate surface area is 106 Å². The van der Waals surface area contributed by atoms with E-state index in [0.29, 0.717) is 0 Å². The zero-order valence-corrected chi connectivity index (χ0v) is 10.7. The van der Waals surface area contributed by atoms with Crippen molar-refractivity contribution in [1.82, 2.24) is 0 Å². The zero-order chi connectivity index (χ0) is 14.0. The molecule has 0 aromatic heterocycles. The molecular weight excluding hydrogens is 238 g/mol. The predicted octanol–water partition coefficient (Wildman–Crippen LogP) is 1.45. The van der Waals surface area contributed by atoms with E-state index in [2.05, 4.69) is 9.89 Å². The van der Waals surface area contributed by atoms with Gasteiger partial charge in [0.25, 0.3) is 0 Å². The molecule has 6 heteroatoms. The van der Waals surface area contributed by atoms with Gasteiger partial charge in [-0.2, -0.15) is 0 Å².